The molecule has 0 aromatic rings. The number of rotatable bonds is 8. The molecule has 0 aromatic heterocycles. The molecule has 6 heteroatoms. The van der Waals surface area contributed by atoms with Gasteiger partial charge in [-0.2, -0.15) is 0 Å². The fourth-order valence-corrected chi connectivity index (χ4v) is 9.00. The van der Waals surface area contributed by atoms with Crippen molar-refractivity contribution in [2.24, 2.45) is 46.3 Å². The molecule has 192 valence electrons. The van der Waals surface area contributed by atoms with Gasteiger partial charge in [0.15, 0.2) is 0 Å². The number of carboxylic acid groups (broad SMARTS) is 1. The number of hydrogen-bond donors (Lipinski definition) is 3. The highest BCUT2D eigenvalue weighted by atomic mass is 16.4. The molecular weight excluding hydrogens is 430 g/mol. The highest BCUT2D eigenvalue weighted by Crippen LogP contribution is 2.67. The second-order valence-corrected chi connectivity index (χ2v) is 12.6. The topological polar surface area (TPSA) is 104 Å². The molecule has 4 rings (SSSR count). The van der Waals surface area contributed by atoms with Crippen molar-refractivity contribution in [2.45, 2.75) is 104 Å². The minimum Gasteiger partial charge on any atom is -0.481 e. The molecule has 6 nitrogen and oxygen atoms in total. The van der Waals surface area contributed by atoms with Crippen molar-refractivity contribution in [3.05, 3.63) is 0 Å². The van der Waals surface area contributed by atoms with Crippen LogP contribution in [0.4, 0.5) is 0 Å². The van der Waals surface area contributed by atoms with Crippen molar-refractivity contribution in [1.29, 1.82) is 0 Å². The number of carboxylic acids is 1. The molecule has 3 N–H and O–H groups in total. The lowest BCUT2D eigenvalue weighted by Crippen LogP contribution is -2.57. The number of hydrogen-bond acceptors (Lipinski definition) is 4. The molecule has 0 bridgehead atoms. The lowest BCUT2D eigenvalue weighted by Gasteiger charge is -2.60. The highest BCUT2D eigenvalue weighted by molar-refractivity contribution is 5.83. The van der Waals surface area contributed by atoms with E-state index in [1.807, 2.05) is 0 Å². The lowest BCUT2D eigenvalue weighted by molar-refractivity contribution is -0.160. The fraction of sp³-hybridized carbons (Fsp3) is 0.893. The summed E-state index contributed by atoms with van der Waals surface area (Å²) >= 11 is 0. The van der Waals surface area contributed by atoms with E-state index < -0.39 is 5.97 Å². The van der Waals surface area contributed by atoms with Crippen molar-refractivity contribution in [1.82, 2.24) is 5.32 Å². The van der Waals surface area contributed by atoms with Crippen molar-refractivity contribution >= 4 is 17.7 Å². The maximum Gasteiger partial charge on any atom is 0.303 e. The Hall–Kier alpha value is -1.43. The molecule has 0 aliphatic heterocycles. The number of fused-ring (bicyclic) bond motifs is 5. The third-order valence-corrected chi connectivity index (χ3v) is 10.9. The summed E-state index contributed by atoms with van der Waals surface area (Å²) in [7, 11) is 0. The van der Waals surface area contributed by atoms with E-state index in [1.54, 1.807) is 0 Å². The first kappa shape index (κ1) is 25.7. The molecule has 0 aromatic carbocycles. The minimum absolute atomic E-state index is 0.0153. The Morgan fingerprint density at radius 3 is 2.50 bits per heavy atom. The number of aliphatic hydroxyl groups excluding tert-OH is 1. The molecule has 4 fully saturated rings. The van der Waals surface area contributed by atoms with E-state index in [-0.39, 0.29) is 35.2 Å². The Morgan fingerprint density at radius 2 is 1.76 bits per heavy atom. The molecule has 0 saturated heterocycles. The van der Waals surface area contributed by atoms with E-state index in [4.69, 9.17) is 5.11 Å². The van der Waals surface area contributed by atoms with Gasteiger partial charge in [-0.3, -0.25) is 14.4 Å². The van der Waals surface area contributed by atoms with Crippen LogP contribution < -0.4 is 5.32 Å². The molecule has 4 aliphatic carbocycles. The van der Waals surface area contributed by atoms with Gasteiger partial charge in [0.25, 0.3) is 0 Å². The van der Waals surface area contributed by atoms with Crippen LogP contribution in [0.15, 0.2) is 0 Å². The number of carbonyl (C=O) groups excluding carboxylic acids is 2. The molecule has 0 spiro atoms. The summed E-state index contributed by atoms with van der Waals surface area (Å²) in [4.78, 5) is 36.4. The molecule has 1 amide bonds. The summed E-state index contributed by atoms with van der Waals surface area (Å²) in [5.74, 6) is 2.09. The van der Waals surface area contributed by atoms with Crippen molar-refractivity contribution < 1.29 is 24.6 Å². The second kappa shape index (κ2) is 9.91. The lowest BCUT2D eigenvalue weighted by atomic mass is 9.44. The monoisotopic (exact) mass is 475 g/mol. The normalized spacial score (nSPS) is 42.3. The zero-order valence-electron chi connectivity index (χ0n) is 21.4. The van der Waals surface area contributed by atoms with E-state index in [2.05, 4.69) is 26.1 Å². The standard InChI is InChI=1S/C28H45NO5/c1-17(6-9-24(32)29-14-4-5-25(33)34)20-7-8-21-26-22(11-13-28(20,21)3)27(2)12-10-19(30)15-18(27)16-23(26)31/h17-22,26,30H,4-16H2,1-3H3,(H,29,32)(H,33,34)/t17-,18+,19-,20-,21+,22+,26+,27+,28-/m1/s1. The second-order valence-electron chi connectivity index (χ2n) is 12.6. The van der Waals surface area contributed by atoms with Crippen LogP contribution in [0.5, 0.6) is 0 Å². The summed E-state index contributed by atoms with van der Waals surface area (Å²) in [6.45, 7) is 7.55. The Morgan fingerprint density at radius 1 is 1.06 bits per heavy atom. The maximum atomic E-state index is 13.5. The van der Waals surface area contributed by atoms with Gasteiger partial charge < -0.3 is 15.5 Å². The van der Waals surface area contributed by atoms with Crippen LogP contribution >= 0.6 is 0 Å². The summed E-state index contributed by atoms with van der Waals surface area (Å²) in [5.41, 5.74) is 0.368. The first-order chi connectivity index (χ1) is 16.1. The predicted molar refractivity (Wildman–Crippen MR) is 130 cm³/mol. The van der Waals surface area contributed by atoms with Gasteiger partial charge >= 0.3 is 5.97 Å². The number of Topliss-reactive ketones (excluding diaryl/α,β-unsaturated/α-hetero) is 1. The van der Waals surface area contributed by atoms with Gasteiger partial charge in [0.1, 0.15) is 5.78 Å². The van der Waals surface area contributed by atoms with Crippen LogP contribution in [0.2, 0.25) is 0 Å². The van der Waals surface area contributed by atoms with Gasteiger partial charge in [-0.05, 0) is 98.2 Å². The average Bonchev–Trinajstić information content (AvgIpc) is 3.13. The van der Waals surface area contributed by atoms with Gasteiger partial charge in [-0.1, -0.05) is 20.8 Å². The highest BCUT2D eigenvalue weighted by Gasteiger charge is 2.62. The van der Waals surface area contributed by atoms with Crippen LogP contribution in [0.1, 0.15) is 97.8 Å². The largest absolute Gasteiger partial charge is 0.481 e. The van der Waals surface area contributed by atoms with Crippen LogP contribution in [0.3, 0.4) is 0 Å². The third-order valence-electron chi connectivity index (χ3n) is 10.9. The van der Waals surface area contributed by atoms with E-state index in [0.29, 0.717) is 61.2 Å². The van der Waals surface area contributed by atoms with Crippen LogP contribution in [-0.2, 0) is 14.4 Å². The first-order valence-electron chi connectivity index (χ1n) is 13.8. The first-order valence-corrected chi connectivity index (χ1v) is 13.8. The van der Waals surface area contributed by atoms with E-state index >= 15 is 0 Å². The Bertz CT molecular complexity index is 798. The van der Waals surface area contributed by atoms with Gasteiger partial charge in [0.05, 0.1) is 6.10 Å². The molecule has 0 unspecified atom stereocenters. The quantitative estimate of drug-likeness (QED) is 0.446. The number of aliphatic hydroxyl groups is 1. The number of carbonyl (C=O) groups is 3. The zero-order valence-corrected chi connectivity index (χ0v) is 21.4. The molecule has 0 radical (unpaired) electrons. The fourth-order valence-electron chi connectivity index (χ4n) is 9.00. The Kier molecular flexibility index (Phi) is 7.48. The summed E-state index contributed by atoms with van der Waals surface area (Å²) in [6.07, 6.45) is 9.61. The van der Waals surface area contributed by atoms with Crippen molar-refractivity contribution in [3.63, 3.8) is 0 Å². The van der Waals surface area contributed by atoms with E-state index in [1.165, 1.54) is 6.42 Å². The maximum absolute atomic E-state index is 13.5. The van der Waals surface area contributed by atoms with Crippen LogP contribution in [-0.4, -0.2) is 40.5 Å². The van der Waals surface area contributed by atoms with Gasteiger partial charge in [-0.15, -0.1) is 0 Å². The van der Waals surface area contributed by atoms with Crippen LogP contribution in [0, 0.1) is 46.3 Å². The molecule has 4 saturated carbocycles. The van der Waals surface area contributed by atoms with Crippen molar-refractivity contribution in [2.75, 3.05) is 6.54 Å². The summed E-state index contributed by atoms with van der Waals surface area (Å²) in [5, 5.41) is 21.8. The minimum atomic E-state index is -0.830. The van der Waals surface area contributed by atoms with Gasteiger partial charge in [0, 0.05) is 31.7 Å². The van der Waals surface area contributed by atoms with Gasteiger partial charge in [-0.25, -0.2) is 0 Å². The number of ketones is 1. The van der Waals surface area contributed by atoms with Crippen molar-refractivity contribution in [3.8, 4) is 0 Å². The van der Waals surface area contributed by atoms with E-state index in [0.717, 1.165) is 44.9 Å². The summed E-state index contributed by atoms with van der Waals surface area (Å²) < 4.78 is 0. The average molecular weight is 476 g/mol. The SMILES string of the molecule is C[C@H](CCC(=O)NCCCC(=O)O)[C@H]1CC[C@H]2[C@@H]3C(=O)C[C@@H]4C[C@H](O)CC[C@]4(C)[C@H]3CC[C@]12C. The molecular formula is C28H45NO5. The Balaban J connectivity index is 1.37. The van der Waals surface area contributed by atoms with E-state index in [9.17, 15) is 19.5 Å². The molecule has 4 aliphatic rings. The molecule has 9 atom stereocenters. The smallest absolute Gasteiger partial charge is 0.303 e. The molecule has 34 heavy (non-hydrogen) atoms. The molecule has 0 heterocycles. The van der Waals surface area contributed by atoms with Gasteiger partial charge in [0.2, 0.25) is 5.91 Å². The Labute approximate surface area is 204 Å². The number of nitrogens with one attached hydrogen (secondary N) is 1. The summed E-state index contributed by atoms with van der Waals surface area (Å²) in [6, 6.07) is 0. The third kappa shape index (κ3) is 4.68. The van der Waals surface area contributed by atoms with Crippen LogP contribution in [0.25, 0.3) is 0 Å². The number of amides is 1. The predicted octanol–water partition coefficient (Wildman–Crippen LogP) is 4.58. The number of aliphatic carboxylic acids is 1. The zero-order chi connectivity index (χ0) is 24.7.